The third-order valence-electron chi connectivity index (χ3n) is 1.94. The molecule has 2 aliphatic heterocycles. The molecular formula is C6H10N3O. The molecule has 2 fully saturated rings. The van der Waals surface area contributed by atoms with Crippen LogP contribution in [0.15, 0.2) is 0 Å². The quantitative estimate of drug-likeness (QED) is 0.460. The Hall–Kier alpha value is -0.770. The van der Waals surface area contributed by atoms with Gasteiger partial charge in [-0.3, -0.25) is 0 Å². The number of hydrogen-bond donors (Lipinski definition) is 2. The number of fused-ring (bicyclic) bond motifs is 1. The fourth-order valence-electron chi connectivity index (χ4n) is 1.38. The maximum absolute atomic E-state index is 11.0. The Balaban J connectivity index is 2.08. The summed E-state index contributed by atoms with van der Waals surface area (Å²) in [6.07, 6.45) is 0. The maximum atomic E-state index is 11.0. The maximum Gasteiger partial charge on any atom is 0.318 e. The lowest BCUT2D eigenvalue weighted by atomic mass is 10.2. The third kappa shape index (κ3) is 0.759. The molecule has 0 spiro atoms. The van der Waals surface area contributed by atoms with Gasteiger partial charge in [0, 0.05) is 19.6 Å². The number of carbonyl (C=O) groups excluding carboxylic acids is 1. The predicted octanol–water partition coefficient (Wildman–Crippen LogP) is -0.855. The van der Waals surface area contributed by atoms with Gasteiger partial charge in [0.1, 0.15) is 0 Å². The number of carbonyl (C=O) groups is 1. The van der Waals surface area contributed by atoms with E-state index in [-0.39, 0.29) is 12.1 Å². The molecule has 1 unspecified atom stereocenters. The largest absolute Gasteiger partial charge is 0.331 e. The molecule has 0 saturated carbocycles. The number of nitrogens with zero attached hydrogens (tertiary/aromatic N) is 1. The molecule has 2 heterocycles. The molecule has 2 saturated heterocycles. The SMILES string of the molecule is O=C1N[CH]C2CNCCN12. The highest BCUT2D eigenvalue weighted by Crippen LogP contribution is 2.10. The van der Waals surface area contributed by atoms with Crippen LogP contribution in [0.25, 0.3) is 0 Å². The van der Waals surface area contributed by atoms with Crippen molar-refractivity contribution < 1.29 is 4.79 Å². The predicted molar refractivity (Wildman–Crippen MR) is 36.2 cm³/mol. The fraction of sp³-hybridized carbons (Fsp3) is 0.667. The van der Waals surface area contributed by atoms with E-state index in [1.54, 1.807) is 0 Å². The molecule has 10 heavy (non-hydrogen) atoms. The zero-order valence-corrected chi connectivity index (χ0v) is 5.63. The van der Waals surface area contributed by atoms with Crippen molar-refractivity contribution in [3.63, 3.8) is 0 Å². The van der Waals surface area contributed by atoms with Gasteiger partial charge in [-0.1, -0.05) is 0 Å². The van der Waals surface area contributed by atoms with Crippen LogP contribution in [0.2, 0.25) is 0 Å². The lowest BCUT2D eigenvalue weighted by Gasteiger charge is -2.28. The monoisotopic (exact) mass is 140 g/mol. The highest BCUT2D eigenvalue weighted by atomic mass is 16.2. The van der Waals surface area contributed by atoms with Crippen molar-refractivity contribution in [2.24, 2.45) is 0 Å². The van der Waals surface area contributed by atoms with Gasteiger partial charge in [-0.15, -0.1) is 0 Å². The Bertz CT molecular complexity index is 159. The van der Waals surface area contributed by atoms with E-state index in [0.29, 0.717) is 0 Å². The minimum atomic E-state index is 0.0477. The Kier molecular flexibility index (Phi) is 1.27. The summed E-state index contributed by atoms with van der Waals surface area (Å²) >= 11 is 0. The van der Waals surface area contributed by atoms with Crippen LogP contribution >= 0.6 is 0 Å². The molecule has 2 N–H and O–H groups in total. The summed E-state index contributed by atoms with van der Waals surface area (Å²) in [4.78, 5) is 12.8. The van der Waals surface area contributed by atoms with Crippen LogP contribution in [-0.4, -0.2) is 36.6 Å². The second-order valence-electron chi connectivity index (χ2n) is 2.58. The lowest BCUT2D eigenvalue weighted by Crippen LogP contribution is -2.49. The highest BCUT2D eigenvalue weighted by molar-refractivity contribution is 5.78. The standard InChI is InChI=1S/C6H10N3O/c10-6-8-4-5-3-7-1-2-9(5)6/h4-5,7H,1-3H2,(H,8,10). The van der Waals surface area contributed by atoms with Crippen LogP contribution in [0.1, 0.15) is 0 Å². The second kappa shape index (κ2) is 2.12. The molecule has 2 aliphatic rings. The molecule has 1 radical (unpaired) electrons. The van der Waals surface area contributed by atoms with E-state index in [4.69, 9.17) is 0 Å². The van der Waals surface area contributed by atoms with Crippen LogP contribution < -0.4 is 10.6 Å². The van der Waals surface area contributed by atoms with E-state index in [9.17, 15) is 4.79 Å². The number of rotatable bonds is 0. The summed E-state index contributed by atoms with van der Waals surface area (Å²) in [6.45, 7) is 4.47. The molecule has 0 aliphatic carbocycles. The molecule has 2 amide bonds. The number of urea groups is 1. The van der Waals surface area contributed by atoms with Crippen LogP contribution in [0.5, 0.6) is 0 Å². The number of nitrogens with one attached hydrogen (secondary N) is 2. The van der Waals surface area contributed by atoms with Crippen molar-refractivity contribution in [3.8, 4) is 0 Å². The van der Waals surface area contributed by atoms with Gasteiger partial charge < -0.3 is 15.5 Å². The lowest BCUT2D eigenvalue weighted by molar-refractivity contribution is 0.193. The van der Waals surface area contributed by atoms with E-state index in [0.717, 1.165) is 19.6 Å². The van der Waals surface area contributed by atoms with Gasteiger partial charge in [0.15, 0.2) is 0 Å². The van der Waals surface area contributed by atoms with Crippen LogP contribution in [0.4, 0.5) is 4.79 Å². The first-order valence-corrected chi connectivity index (χ1v) is 3.49. The number of amides is 2. The highest BCUT2D eigenvalue weighted by Gasteiger charge is 2.32. The first-order chi connectivity index (χ1) is 4.88. The van der Waals surface area contributed by atoms with Gasteiger partial charge in [0.2, 0.25) is 0 Å². The third-order valence-corrected chi connectivity index (χ3v) is 1.94. The van der Waals surface area contributed by atoms with Gasteiger partial charge in [0.05, 0.1) is 12.6 Å². The van der Waals surface area contributed by atoms with E-state index in [1.807, 2.05) is 11.4 Å². The minimum absolute atomic E-state index is 0.0477. The topological polar surface area (TPSA) is 44.4 Å². The number of hydrogen-bond acceptors (Lipinski definition) is 2. The molecule has 4 heteroatoms. The molecule has 1 atom stereocenters. The molecule has 0 aromatic heterocycles. The van der Waals surface area contributed by atoms with E-state index in [2.05, 4.69) is 10.6 Å². The zero-order valence-electron chi connectivity index (χ0n) is 5.63. The summed E-state index contributed by atoms with van der Waals surface area (Å²) in [5.41, 5.74) is 0. The van der Waals surface area contributed by atoms with Crippen LogP contribution in [0.3, 0.4) is 0 Å². The Morgan fingerprint density at radius 2 is 2.60 bits per heavy atom. The summed E-state index contributed by atoms with van der Waals surface area (Å²) in [7, 11) is 0. The summed E-state index contributed by atoms with van der Waals surface area (Å²) in [6, 6.07) is 0.327. The average molecular weight is 140 g/mol. The molecule has 0 aromatic carbocycles. The van der Waals surface area contributed by atoms with Crippen molar-refractivity contribution >= 4 is 6.03 Å². The summed E-state index contributed by atoms with van der Waals surface area (Å²) in [5.74, 6) is 0. The molecule has 0 aromatic rings. The number of piperazine rings is 1. The van der Waals surface area contributed by atoms with Crippen molar-refractivity contribution in [2.75, 3.05) is 19.6 Å². The van der Waals surface area contributed by atoms with Crippen molar-refractivity contribution in [1.82, 2.24) is 15.5 Å². The summed E-state index contributed by atoms with van der Waals surface area (Å²) in [5, 5.41) is 5.90. The Labute approximate surface area is 59.6 Å². The van der Waals surface area contributed by atoms with Crippen LogP contribution in [0, 0.1) is 6.54 Å². The fourth-order valence-corrected chi connectivity index (χ4v) is 1.38. The summed E-state index contributed by atoms with van der Waals surface area (Å²) < 4.78 is 0. The van der Waals surface area contributed by atoms with Gasteiger partial charge in [-0.2, -0.15) is 0 Å². The van der Waals surface area contributed by atoms with Crippen molar-refractivity contribution in [1.29, 1.82) is 0 Å². The first kappa shape index (κ1) is 5.97. The molecule has 55 valence electrons. The van der Waals surface area contributed by atoms with E-state index >= 15 is 0 Å². The molecular weight excluding hydrogens is 130 g/mol. The second-order valence-corrected chi connectivity index (χ2v) is 2.58. The molecule has 4 nitrogen and oxygen atoms in total. The van der Waals surface area contributed by atoms with Crippen molar-refractivity contribution in [2.45, 2.75) is 6.04 Å². The van der Waals surface area contributed by atoms with Gasteiger partial charge in [0.25, 0.3) is 0 Å². The molecule has 0 bridgehead atoms. The van der Waals surface area contributed by atoms with Crippen LogP contribution in [-0.2, 0) is 0 Å². The van der Waals surface area contributed by atoms with Gasteiger partial charge in [-0.05, 0) is 0 Å². The van der Waals surface area contributed by atoms with E-state index in [1.165, 1.54) is 0 Å². The smallest absolute Gasteiger partial charge is 0.318 e. The van der Waals surface area contributed by atoms with Gasteiger partial charge >= 0.3 is 6.03 Å². The minimum Gasteiger partial charge on any atom is -0.331 e. The Morgan fingerprint density at radius 3 is 3.40 bits per heavy atom. The Morgan fingerprint density at radius 1 is 1.70 bits per heavy atom. The van der Waals surface area contributed by atoms with Gasteiger partial charge in [-0.25, -0.2) is 4.79 Å². The van der Waals surface area contributed by atoms with E-state index < -0.39 is 0 Å². The molecule has 2 rings (SSSR count). The first-order valence-electron chi connectivity index (χ1n) is 3.49. The average Bonchev–Trinajstić information content (AvgIpc) is 2.34. The van der Waals surface area contributed by atoms with Crippen molar-refractivity contribution in [3.05, 3.63) is 6.54 Å². The zero-order chi connectivity index (χ0) is 6.97. The normalized spacial score (nSPS) is 31.8.